The van der Waals surface area contributed by atoms with Crippen LogP contribution in [0, 0.1) is 5.92 Å². The van der Waals surface area contributed by atoms with Crippen molar-refractivity contribution in [3.05, 3.63) is 0 Å². The van der Waals surface area contributed by atoms with Gasteiger partial charge in [-0.2, -0.15) is 0 Å². The summed E-state index contributed by atoms with van der Waals surface area (Å²) in [4.78, 5) is 25.5. The highest BCUT2D eigenvalue weighted by molar-refractivity contribution is 5.81. The molecule has 1 amide bonds. The van der Waals surface area contributed by atoms with Gasteiger partial charge in [-0.15, -0.1) is 0 Å². The van der Waals surface area contributed by atoms with Crippen LogP contribution < -0.4 is 5.32 Å². The summed E-state index contributed by atoms with van der Waals surface area (Å²) in [5, 5.41) is 2.90. The number of carbonyl (C=O) groups excluding carboxylic acids is 2. The van der Waals surface area contributed by atoms with Crippen molar-refractivity contribution in [2.24, 2.45) is 5.92 Å². The van der Waals surface area contributed by atoms with Crippen LogP contribution in [0.4, 0.5) is 0 Å². The Hall–Kier alpha value is -0.900. The third-order valence-corrected chi connectivity index (χ3v) is 3.74. The zero-order valence-corrected chi connectivity index (χ0v) is 12.4. The molecule has 0 spiro atoms. The lowest BCUT2D eigenvalue weighted by molar-refractivity contribution is -0.125. The molecule has 4 nitrogen and oxygen atoms in total. The molecule has 0 aromatic carbocycles. The van der Waals surface area contributed by atoms with E-state index in [0.717, 1.165) is 32.2 Å². The Morgan fingerprint density at radius 1 is 1.11 bits per heavy atom. The summed E-state index contributed by atoms with van der Waals surface area (Å²) in [5.74, 6) is 0.624. The maximum absolute atomic E-state index is 11.7. The fraction of sp³-hybridized carbons (Fsp3) is 0.867. The van der Waals surface area contributed by atoms with Gasteiger partial charge in [-0.3, -0.25) is 9.59 Å². The number of Topliss-reactive ketones (excluding diaryl/α,β-unsaturated/α-hetero) is 1. The molecule has 110 valence electrons. The second kappa shape index (κ2) is 9.08. The first kappa shape index (κ1) is 16.2. The average Bonchev–Trinajstić information content (AvgIpc) is 2.88. The normalized spacial score (nSPS) is 15.9. The van der Waals surface area contributed by atoms with E-state index in [2.05, 4.69) is 10.2 Å². The molecule has 0 bridgehead atoms. The monoisotopic (exact) mass is 268 g/mol. The highest BCUT2D eigenvalue weighted by Gasteiger charge is 2.22. The molecule has 0 aliphatic heterocycles. The topological polar surface area (TPSA) is 49.4 Å². The van der Waals surface area contributed by atoms with Gasteiger partial charge < -0.3 is 10.2 Å². The standard InChI is InChI=1S/C15H28N2O2/c1-17(2)12-6-5-9-14(18)10-11-16-15(19)13-7-3-4-8-13/h13H,3-12H2,1-2H3,(H,16,19). The van der Waals surface area contributed by atoms with Gasteiger partial charge in [0.2, 0.25) is 5.91 Å². The van der Waals surface area contributed by atoms with Crippen molar-refractivity contribution < 1.29 is 9.59 Å². The zero-order valence-electron chi connectivity index (χ0n) is 12.4. The van der Waals surface area contributed by atoms with E-state index in [1.54, 1.807) is 0 Å². The van der Waals surface area contributed by atoms with Gasteiger partial charge in [0.1, 0.15) is 5.78 Å². The molecule has 0 aromatic heterocycles. The molecule has 1 saturated carbocycles. The quantitative estimate of drug-likeness (QED) is 0.651. The predicted octanol–water partition coefficient (Wildman–Crippen LogP) is 1.98. The third-order valence-electron chi connectivity index (χ3n) is 3.74. The van der Waals surface area contributed by atoms with Gasteiger partial charge in [0, 0.05) is 25.3 Å². The Morgan fingerprint density at radius 2 is 1.79 bits per heavy atom. The molecule has 0 heterocycles. The summed E-state index contributed by atoms with van der Waals surface area (Å²) in [6, 6.07) is 0. The Kier molecular flexibility index (Phi) is 7.72. The molecule has 19 heavy (non-hydrogen) atoms. The minimum Gasteiger partial charge on any atom is -0.355 e. The molecule has 0 radical (unpaired) electrons. The first-order valence-corrected chi connectivity index (χ1v) is 7.53. The lowest BCUT2D eigenvalue weighted by Gasteiger charge is -2.10. The van der Waals surface area contributed by atoms with Crippen LogP contribution in [0.2, 0.25) is 0 Å². The summed E-state index contributed by atoms with van der Waals surface area (Å²) in [7, 11) is 4.08. The van der Waals surface area contributed by atoms with E-state index in [-0.39, 0.29) is 17.6 Å². The number of unbranched alkanes of at least 4 members (excludes halogenated alkanes) is 1. The van der Waals surface area contributed by atoms with E-state index in [1.807, 2.05) is 14.1 Å². The van der Waals surface area contributed by atoms with Crippen LogP contribution in [0.15, 0.2) is 0 Å². The number of rotatable bonds is 9. The van der Waals surface area contributed by atoms with E-state index in [0.29, 0.717) is 19.4 Å². The summed E-state index contributed by atoms with van der Waals surface area (Å²) < 4.78 is 0. The molecule has 1 fully saturated rings. The number of hydrogen-bond donors (Lipinski definition) is 1. The number of ketones is 1. The highest BCUT2D eigenvalue weighted by Crippen LogP contribution is 2.24. The van der Waals surface area contributed by atoms with Crippen molar-refractivity contribution in [2.75, 3.05) is 27.2 Å². The molecular formula is C15H28N2O2. The lowest BCUT2D eigenvalue weighted by atomic mass is 10.1. The van der Waals surface area contributed by atoms with Crippen LogP contribution in [0.1, 0.15) is 51.4 Å². The Labute approximate surface area is 116 Å². The molecule has 0 saturated heterocycles. The summed E-state index contributed by atoms with van der Waals surface area (Å²) >= 11 is 0. The molecule has 0 unspecified atom stereocenters. The van der Waals surface area contributed by atoms with Gasteiger partial charge in [-0.25, -0.2) is 0 Å². The van der Waals surface area contributed by atoms with Gasteiger partial charge in [0.25, 0.3) is 0 Å². The smallest absolute Gasteiger partial charge is 0.223 e. The van der Waals surface area contributed by atoms with Crippen LogP contribution in [0.3, 0.4) is 0 Å². The molecule has 4 heteroatoms. The second-order valence-electron chi connectivity index (χ2n) is 5.82. The second-order valence-corrected chi connectivity index (χ2v) is 5.82. The van der Waals surface area contributed by atoms with Crippen LogP contribution in [0.25, 0.3) is 0 Å². The molecule has 1 N–H and O–H groups in total. The number of nitrogens with zero attached hydrogens (tertiary/aromatic N) is 1. The van der Waals surface area contributed by atoms with Crippen LogP contribution in [0.5, 0.6) is 0 Å². The third kappa shape index (κ3) is 7.31. The van der Waals surface area contributed by atoms with Gasteiger partial charge >= 0.3 is 0 Å². The van der Waals surface area contributed by atoms with Gasteiger partial charge in [-0.1, -0.05) is 12.8 Å². The van der Waals surface area contributed by atoms with Crippen LogP contribution in [-0.4, -0.2) is 43.8 Å². The van der Waals surface area contributed by atoms with E-state index in [9.17, 15) is 9.59 Å². The highest BCUT2D eigenvalue weighted by atomic mass is 16.2. The Balaban J connectivity index is 1.99. The first-order valence-electron chi connectivity index (χ1n) is 7.53. The molecule has 0 atom stereocenters. The fourth-order valence-electron chi connectivity index (χ4n) is 2.53. The van der Waals surface area contributed by atoms with Crippen LogP contribution in [-0.2, 0) is 9.59 Å². The maximum atomic E-state index is 11.7. The fourth-order valence-corrected chi connectivity index (χ4v) is 2.53. The van der Waals surface area contributed by atoms with E-state index in [4.69, 9.17) is 0 Å². The van der Waals surface area contributed by atoms with E-state index in [1.165, 1.54) is 12.8 Å². The van der Waals surface area contributed by atoms with E-state index >= 15 is 0 Å². The summed E-state index contributed by atoms with van der Waals surface area (Å²) in [5.41, 5.74) is 0. The molecule has 1 aliphatic carbocycles. The van der Waals surface area contributed by atoms with Crippen molar-refractivity contribution in [1.29, 1.82) is 0 Å². The maximum Gasteiger partial charge on any atom is 0.223 e. The number of amides is 1. The van der Waals surface area contributed by atoms with Crippen molar-refractivity contribution >= 4 is 11.7 Å². The minimum atomic E-state index is 0.151. The van der Waals surface area contributed by atoms with Gasteiger partial charge in [-0.05, 0) is 46.3 Å². The average molecular weight is 268 g/mol. The predicted molar refractivity (Wildman–Crippen MR) is 77.0 cm³/mol. The van der Waals surface area contributed by atoms with Crippen molar-refractivity contribution in [3.8, 4) is 0 Å². The van der Waals surface area contributed by atoms with Crippen molar-refractivity contribution in [1.82, 2.24) is 10.2 Å². The van der Waals surface area contributed by atoms with Crippen LogP contribution >= 0.6 is 0 Å². The SMILES string of the molecule is CN(C)CCCCC(=O)CCNC(=O)C1CCCC1. The van der Waals surface area contributed by atoms with E-state index < -0.39 is 0 Å². The summed E-state index contributed by atoms with van der Waals surface area (Å²) in [6.07, 6.45) is 7.52. The van der Waals surface area contributed by atoms with Gasteiger partial charge in [0.15, 0.2) is 0 Å². The van der Waals surface area contributed by atoms with Gasteiger partial charge in [0.05, 0.1) is 0 Å². The Morgan fingerprint density at radius 3 is 2.42 bits per heavy atom. The first-order chi connectivity index (χ1) is 9.09. The number of hydrogen-bond acceptors (Lipinski definition) is 3. The molecule has 1 rings (SSSR count). The van der Waals surface area contributed by atoms with Crippen molar-refractivity contribution in [3.63, 3.8) is 0 Å². The van der Waals surface area contributed by atoms with Crippen molar-refractivity contribution in [2.45, 2.75) is 51.4 Å². The molecular weight excluding hydrogens is 240 g/mol. The summed E-state index contributed by atoms with van der Waals surface area (Å²) in [6.45, 7) is 1.55. The Bertz CT molecular complexity index is 284. The largest absolute Gasteiger partial charge is 0.355 e. The molecule has 0 aromatic rings. The minimum absolute atomic E-state index is 0.151. The zero-order chi connectivity index (χ0) is 14.1. The number of carbonyl (C=O) groups is 2. The number of nitrogens with one attached hydrogen (secondary N) is 1. The lowest BCUT2D eigenvalue weighted by Crippen LogP contribution is -2.31. The molecule has 1 aliphatic rings.